The Bertz CT molecular complexity index is 352. The highest BCUT2D eigenvalue weighted by atomic mass is 79.9. The fourth-order valence-corrected chi connectivity index (χ4v) is 1.91. The largest absolute Gasteiger partial charge is 0.434 e. The van der Waals surface area contributed by atoms with Gasteiger partial charge in [0.1, 0.15) is 5.75 Å². The summed E-state index contributed by atoms with van der Waals surface area (Å²) in [6.07, 6.45) is 1.74. The number of hydrogen-bond donors (Lipinski definition) is 0. The standard InChI is InChI=1S/C11H11BrF2O/c1-3-7(2)8-5-4-6-9(10(8)12)15-11(13)14/h3-7,11H,1H2,2H3. The Labute approximate surface area is 95.9 Å². The Morgan fingerprint density at radius 1 is 1.47 bits per heavy atom. The predicted molar refractivity (Wildman–Crippen MR) is 59.4 cm³/mol. The summed E-state index contributed by atoms with van der Waals surface area (Å²) in [5.74, 6) is 0.233. The molecule has 1 unspecified atom stereocenters. The number of alkyl halides is 2. The molecule has 0 radical (unpaired) electrons. The second-order valence-corrected chi connectivity index (χ2v) is 3.86. The van der Waals surface area contributed by atoms with Gasteiger partial charge in [-0.2, -0.15) is 8.78 Å². The molecule has 0 saturated carbocycles. The smallest absolute Gasteiger partial charge is 0.387 e. The van der Waals surface area contributed by atoms with Crippen molar-refractivity contribution in [2.45, 2.75) is 19.5 Å². The molecular weight excluding hydrogens is 266 g/mol. The molecule has 0 aromatic heterocycles. The van der Waals surface area contributed by atoms with Crippen LogP contribution in [0.2, 0.25) is 0 Å². The van der Waals surface area contributed by atoms with Crippen LogP contribution < -0.4 is 4.74 Å². The van der Waals surface area contributed by atoms with E-state index in [1.165, 1.54) is 6.07 Å². The molecule has 1 rings (SSSR count). The van der Waals surface area contributed by atoms with Crippen molar-refractivity contribution in [3.05, 3.63) is 40.9 Å². The third kappa shape index (κ3) is 3.02. The zero-order valence-corrected chi connectivity index (χ0v) is 9.80. The van der Waals surface area contributed by atoms with E-state index in [-0.39, 0.29) is 11.7 Å². The SMILES string of the molecule is C=CC(C)c1cccc(OC(F)F)c1Br. The molecule has 0 N–H and O–H groups in total. The zero-order chi connectivity index (χ0) is 11.4. The minimum Gasteiger partial charge on any atom is -0.434 e. The minimum absolute atomic E-state index is 0.0839. The lowest BCUT2D eigenvalue weighted by Crippen LogP contribution is -2.03. The average molecular weight is 277 g/mol. The van der Waals surface area contributed by atoms with Crippen LogP contribution in [0, 0.1) is 0 Å². The number of rotatable bonds is 4. The molecule has 0 amide bonds. The van der Waals surface area contributed by atoms with E-state index in [0.29, 0.717) is 4.47 Å². The van der Waals surface area contributed by atoms with E-state index in [1.54, 1.807) is 12.1 Å². The van der Waals surface area contributed by atoms with Gasteiger partial charge in [0.15, 0.2) is 0 Å². The van der Waals surface area contributed by atoms with Gasteiger partial charge < -0.3 is 4.74 Å². The van der Waals surface area contributed by atoms with Crippen LogP contribution in [0.3, 0.4) is 0 Å². The molecule has 0 spiro atoms. The van der Waals surface area contributed by atoms with E-state index in [0.717, 1.165) is 5.56 Å². The number of ether oxygens (including phenoxy) is 1. The second-order valence-electron chi connectivity index (χ2n) is 3.06. The molecule has 1 atom stereocenters. The summed E-state index contributed by atoms with van der Waals surface area (Å²) in [6.45, 7) is 2.78. The fourth-order valence-electron chi connectivity index (χ4n) is 1.19. The van der Waals surface area contributed by atoms with Gasteiger partial charge >= 0.3 is 6.61 Å². The maximum absolute atomic E-state index is 12.1. The Morgan fingerprint density at radius 3 is 2.67 bits per heavy atom. The van der Waals surface area contributed by atoms with Crippen molar-refractivity contribution in [3.63, 3.8) is 0 Å². The zero-order valence-electron chi connectivity index (χ0n) is 8.21. The fraction of sp³-hybridized carbons (Fsp3) is 0.273. The molecule has 0 saturated heterocycles. The van der Waals surface area contributed by atoms with E-state index < -0.39 is 6.61 Å². The van der Waals surface area contributed by atoms with Gasteiger partial charge in [-0.1, -0.05) is 25.1 Å². The molecular formula is C11H11BrF2O. The second kappa shape index (κ2) is 5.26. The first-order chi connectivity index (χ1) is 7.06. The topological polar surface area (TPSA) is 9.23 Å². The van der Waals surface area contributed by atoms with Gasteiger partial charge in [0.2, 0.25) is 0 Å². The van der Waals surface area contributed by atoms with Crippen molar-refractivity contribution < 1.29 is 13.5 Å². The van der Waals surface area contributed by atoms with E-state index in [2.05, 4.69) is 27.2 Å². The Balaban J connectivity index is 3.05. The monoisotopic (exact) mass is 276 g/mol. The summed E-state index contributed by atoms with van der Waals surface area (Å²) in [5, 5.41) is 0. The molecule has 1 aromatic rings. The highest BCUT2D eigenvalue weighted by Crippen LogP contribution is 2.34. The van der Waals surface area contributed by atoms with Gasteiger partial charge in [-0.05, 0) is 33.5 Å². The van der Waals surface area contributed by atoms with Gasteiger partial charge in [0.05, 0.1) is 4.47 Å². The number of benzene rings is 1. The molecule has 0 fully saturated rings. The first-order valence-electron chi connectivity index (χ1n) is 4.42. The summed E-state index contributed by atoms with van der Waals surface area (Å²) >= 11 is 3.25. The maximum atomic E-state index is 12.1. The lowest BCUT2D eigenvalue weighted by Gasteiger charge is -2.13. The van der Waals surface area contributed by atoms with Gasteiger partial charge in [-0.15, -0.1) is 6.58 Å². The Morgan fingerprint density at radius 2 is 2.13 bits per heavy atom. The van der Waals surface area contributed by atoms with Gasteiger partial charge in [0, 0.05) is 0 Å². The summed E-state index contributed by atoms with van der Waals surface area (Å²) in [4.78, 5) is 0. The van der Waals surface area contributed by atoms with Crippen molar-refractivity contribution in [1.82, 2.24) is 0 Å². The summed E-state index contributed by atoms with van der Waals surface area (Å²) in [7, 11) is 0. The summed E-state index contributed by atoms with van der Waals surface area (Å²) < 4.78 is 29.0. The normalized spacial score (nSPS) is 12.6. The minimum atomic E-state index is -2.81. The van der Waals surface area contributed by atoms with Crippen molar-refractivity contribution >= 4 is 15.9 Å². The van der Waals surface area contributed by atoms with Gasteiger partial charge in [-0.3, -0.25) is 0 Å². The van der Waals surface area contributed by atoms with Crippen molar-refractivity contribution in [2.24, 2.45) is 0 Å². The van der Waals surface area contributed by atoms with E-state index >= 15 is 0 Å². The highest BCUT2D eigenvalue weighted by Gasteiger charge is 2.13. The average Bonchev–Trinajstić information content (AvgIpc) is 2.19. The lowest BCUT2D eigenvalue weighted by atomic mass is 10.0. The van der Waals surface area contributed by atoms with Crippen LogP contribution in [0.1, 0.15) is 18.4 Å². The molecule has 15 heavy (non-hydrogen) atoms. The number of hydrogen-bond acceptors (Lipinski definition) is 1. The molecule has 0 heterocycles. The third-order valence-electron chi connectivity index (χ3n) is 2.05. The molecule has 0 aliphatic rings. The molecule has 1 aromatic carbocycles. The molecule has 4 heteroatoms. The van der Waals surface area contributed by atoms with Gasteiger partial charge in [0.25, 0.3) is 0 Å². The predicted octanol–water partition coefficient (Wildman–Crippen LogP) is 4.34. The van der Waals surface area contributed by atoms with Crippen LogP contribution in [0.15, 0.2) is 35.3 Å². The highest BCUT2D eigenvalue weighted by molar-refractivity contribution is 9.10. The maximum Gasteiger partial charge on any atom is 0.387 e. The number of allylic oxidation sites excluding steroid dienone is 1. The van der Waals surface area contributed by atoms with Gasteiger partial charge in [-0.25, -0.2) is 0 Å². The Hall–Kier alpha value is -0.900. The van der Waals surface area contributed by atoms with E-state index in [1.807, 2.05) is 13.0 Å². The van der Waals surface area contributed by atoms with Crippen LogP contribution in [0.25, 0.3) is 0 Å². The first kappa shape index (κ1) is 12.2. The lowest BCUT2D eigenvalue weighted by molar-refractivity contribution is -0.0504. The summed E-state index contributed by atoms with van der Waals surface area (Å²) in [6, 6.07) is 5.02. The molecule has 82 valence electrons. The number of halogens is 3. The van der Waals surface area contributed by atoms with E-state index in [4.69, 9.17) is 0 Å². The van der Waals surface area contributed by atoms with Crippen LogP contribution >= 0.6 is 15.9 Å². The molecule has 0 aliphatic carbocycles. The van der Waals surface area contributed by atoms with Crippen molar-refractivity contribution in [3.8, 4) is 5.75 Å². The summed E-state index contributed by atoms with van der Waals surface area (Å²) in [5.41, 5.74) is 0.878. The van der Waals surface area contributed by atoms with Crippen LogP contribution in [-0.2, 0) is 0 Å². The van der Waals surface area contributed by atoms with Crippen molar-refractivity contribution in [1.29, 1.82) is 0 Å². The van der Waals surface area contributed by atoms with Crippen LogP contribution in [0.5, 0.6) is 5.75 Å². The third-order valence-corrected chi connectivity index (χ3v) is 2.90. The van der Waals surface area contributed by atoms with Crippen LogP contribution in [-0.4, -0.2) is 6.61 Å². The molecule has 0 aliphatic heterocycles. The van der Waals surface area contributed by atoms with Crippen LogP contribution in [0.4, 0.5) is 8.78 Å². The molecule has 1 nitrogen and oxygen atoms in total. The Kier molecular flexibility index (Phi) is 4.27. The quantitative estimate of drug-likeness (QED) is 0.744. The van der Waals surface area contributed by atoms with Crippen molar-refractivity contribution in [2.75, 3.05) is 0 Å². The van der Waals surface area contributed by atoms with E-state index in [9.17, 15) is 8.78 Å². The molecule has 0 bridgehead atoms. The first-order valence-corrected chi connectivity index (χ1v) is 5.21.